The number of anilines is 6. The van der Waals surface area contributed by atoms with Crippen LogP contribution in [-0.2, 0) is 0 Å². The van der Waals surface area contributed by atoms with Crippen molar-refractivity contribution < 1.29 is 0 Å². The first-order chi connectivity index (χ1) is 34.7. The SMILES string of the molecule is c1ccc(-c2ccc(N(c3cc(N(c4ccc(-c5ccccc5)cc4)c4cccc5c4sc4ccccc45)c(-c4ccccc4)cc3-c3ccccc3)c3cccc4c3sc3ccccc34)cc2)cc1. The Hall–Kier alpha value is -8.54. The summed E-state index contributed by atoms with van der Waals surface area (Å²) in [6.45, 7) is 0. The van der Waals surface area contributed by atoms with Gasteiger partial charge >= 0.3 is 0 Å². The first kappa shape index (κ1) is 41.6. The lowest BCUT2D eigenvalue weighted by molar-refractivity contribution is 1.26. The van der Waals surface area contributed by atoms with E-state index in [2.05, 4.69) is 277 Å². The van der Waals surface area contributed by atoms with E-state index < -0.39 is 0 Å². The van der Waals surface area contributed by atoms with Crippen molar-refractivity contribution in [1.29, 1.82) is 0 Å². The molecule has 0 unspecified atom stereocenters. The van der Waals surface area contributed by atoms with Gasteiger partial charge in [0, 0.05) is 53.4 Å². The third kappa shape index (κ3) is 7.42. The Morgan fingerprint density at radius 3 is 0.957 bits per heavy atom. The molecule has 0 amide bonds. The average molecular weight is 929 g/mol. The number of fused-ring (bicyclic) bond motifs is 6. The largest absolute Gasteiger partial charge is 0.308 e. The molecule has 2 nitrogen and oxygen atoms in total. The topological polar surface area (TPSA) is 6.48 Å². The molecule has 11 aromatic carbocycles. The molecule has 13 aromatic rings. The van der Waals surface area contributed by atoms with E-state index in [-0.39, 0.29) is 0 Å². The molecule has 0 fully saturated rings. The van der Waals surface area contributed by atoms with E-state index in [0.29, 0.717) is 0 Å². The molecule has 70 heavy (non-hydrogen) atoms. The fourth-order valence-corrected chi connectivity index (χ4v) is 12.6. The van der Waals surface area contributed by atoms with E-state index >= 15 is 0 Å². The summed E-state index contributed by atoms with van der Waals surface area (Å²) < 4.78 is 5.03. The molecule has 0 atom stereocenters. The van der Waals surface area contributed by atoms with Gasteiger partial charge < -0.3 is 9.80 Å². The summed E-state index contributed by atoms with van der Waals surface area (Å²) in [5.74, 6) is 0. The molecular weight excluding hydrogens is 885 g/mol. The van der Waals surface area contributed by atoms with Gasteiger partial charge in [0.1, 0.15) is 0 Å². The minimum Gasteiger partial charge on any atom is -0.308 e. The molecule has 0 saturated heterocycles. The van der Waals surface area contributed by atoms with Crippen molar-refractivity contribution in [2.75, 3.05) is 9.80 Å². The monoisotopic (exact) mass is 928 g/mol. The zero-order valence-corrected chi connectivity index (χ0v) is 39.7. The zero-order valence-electron chi connectivity index (χ0n) is 38.1. The van der Waals surface area contributed by atoms with Crippen LogP contribution in [0.3, 0.4) is 0 Å². The van der Waals surface area contributed by atoms with Crippen LogP contribution in [0.1, 0.15) is 0 Å². The summed E-state index contributed by atoms with van der Waals surface area (Å²) in [6, 6.07) is 97.6. The lowest BCUT2D eigenvalue weighted by Gasteiger charge is -2.33. The molecular formula is C66H44N2S2. The Labute approximate surface area is 415 Å². The van der Waals surface area contributed by atoms with Crippen molar-refractivity contribution in [1.82, 2.24) is 0 Å². The van der Waals surface area contributed by atoms with Crippen molar-refractivity contribution in [3.05, 3.63) is 267 Å². The van der Waals surface area contributed by atoms with E-state index in [1.165, 1.54) is 62.6 Å². The van der Waals surface area contributed by atoms with Crippen LogP contribution in [0.4, 0.5) is 34.1 Å². The second-order valence-corrected chi connectivity index (χ2v) is 19.7. The Kier molecular flexibility index (Phi) is 10.6. The molecule has 0 aliphatic heterocycles. The number of benzene rings is 11. The lowest BCUT2D eigenvalue weighted by atomic mass is 9.93. The maximum Gasteiger partial charge on any atom is 0.0640 e. The predicted octanol–water partition coefficient (Wildman–Crippen LogP) is 20.0. The highest BCUT2D eigenvalue weighted by atomic mass is 32.1. The van der Waals surface area contributed by atoms with Crippen molar-refractivity contribution in [2.24, 2.45) is 0 Å². The third-order valence-corrected chi connectivity index (χ3v) is 15.9. The fraction of sp³-hybridized carbons (Fsp3) is 0. The van der Waals surface area contributed by atoms with Gasteiger partial charge in [-0.05, 0) is 94.0 Å². The smallest absolute Gasteiger partial charge is 0.0640 e. The molecule has 13 rings (SSSR count). The van der Waals surface area contributed by atoms with Gasteiger partial charge in [0.2, 0.25) is 0 Å². The first-order valence-electron chi connectivity index (χ1n) is 23.7. The van der Waals surface area contributed by atoms with Crippen LogP contribution in [-0.4, -0.2) is 0 Å². The van der Waals surface area contributed by atoms with E-state index in [0.717, 1.165) is 56.4 Å². The Bertz CT molecular complexity index is 3720. The molecule has 2 aromatic heterocycles. The molecule has 0 aliphatic carbocycles. The Morgan fingerprint density at radius 1 is 0.229 bits per heavy atom. The average Bonchev–Trinajstić information content (AvgIpc) is 4.02. The van der Waals surface area contributed by atoms with E-state index in [9.17, 15) is 0 Å². The highest BCUT2D eigenvalue weighted by molar-refractivity contribution is 7.26. The Morgan fingerprint density at radius 2 is 0.557 bits per heavy atom. The van der Waals surface area contributed by atoms with Gasteiger partial charge in [-0.3, -0.25) is 0 Å². The van der Waals surface area contributed by atoms with E-state index in [1.807, 2.05) is 22.7 Å². The van der Waals surface area contributed by atoms with Crippen molar-refractivity contribution in [3.8, 4) is 44.5 Å². The summed E-state index contributed by atoms with van der Waals surface area (Å²) in [6.07, 6.45) is 0. The van der Waals surface area contributed by atoms with Crippen LogP contribution in [0.25, 0.3) is 84.9 Å². The summed E-state index contributed by atoms with van der Waals surface area (Å²) >= 11 is 3.73. The molecule has 0 bridgehead atoms. The highest BCUT2D eigenvalue weighted by Gasteiger charge is 2.28. The van der Waals surface area contributed by atoms with Crippen LogP contribution in [0.5, 0.6) is 0 Å². The second kappa shape index (κ2) is 17.8. The molecule has 330 valence electrons. The van der Waals surface area contributed by atoms with E-state index in [1.54, 1.807) is 0 Å². The second-order valence-electron chi connectivity index (χ2n) is 17.6. The summed E-state index contributed by atoms with van der Waals surface area (Å²) in [5.41, 5.74) is 15.8. The standard InChI is InChI=1S/C66H44N2S2/c1-5-19-45(20-6-1)47-35-39-51(40-36-47)67(59-31-17-29-55-53-27-13-15-33-63(53)69-65(55)59)61-44-62(58(50-25-11-4-12-26-50)43-57(61)49-23-9-3-10-24-49)68(52-41-37-48(38-42-52)46-21-7-2-8-22-46)60-32-18-30-56-54-28-14-16-34-64(54)70-66(56)60/h1-44H. The highest BCUT2D eigenvalue weighted by Crippen LogP contribution is 2.53. The fourth-order valence-electron chi connectivity index (χ4n) is 10.1. The molecule has 0 saturated carbocycles. The van der Waals surface area contributed by atoms with Crippen LogP contribution in [0.15, 0.2) is 267 Å². The Balaban J connectivity index is 1.14. The van der Waals surface area contributed by atoms with Crippen molar-refractivity contribution in [3.63, 3.8) is 0 Å². The summed E-state index contributed by atoms with van der Waals surface area (Å²) in [5, 5.41) is 5.05. The normalized spacial score (nSPS) is 11.4. The van der Waals surface area contributed by atoms with Gasteiger partial charge in [0.05, 0.1) is 32.1 Å². The molecule has 2 heterocycles. The molecule has 0 radical (unpaired) electrons. The first-order valence-corrected chi connectivity index (χ1v) is 25.4. The molecule has 0 aliphatic rings. The predicted molar refractivity (Wildman–Crippen MR) is 303 cm³/mol. The van der Waals surface area contributed by atoms with Crippen LogP contribution >= 0.6 is 22.7 Å². The van der Waals surface area contributed by atoms with Gasteiger partial charge in [-0.15, -0.1) is 22.7 Å². The molecule has 0 N–H and O–H groups in total. The van der Waals surface area contributed by atoms with Gasteiger partial charge in [0.25, 0.3) is 0 Å². The zero-order chi connectivity index (χ0) is 46.4. The third-order valence-electron chi connectivity index (χ3n) is 13.5. The van der Waals surface area contributed by atoms with Gasteiger partial charge in [-0.2, -0.15) is 0 Å². The lowest BCUT2D eigenvalue weighted by Crippen LogP contribution is -2.15. The molecule has 0 spiro atoms. The quantitative estimate of drug-likeness (QED) is 0.135. The number of thiophene rings is 2. The number of hydrogen-bond acceptors (Lipinski definition) is 4. The number of nitrogens with zero attached hydrogens (tertiary/aromatic N) is 2. The minimum atomic E-state index is 1.07. The van der Waals surface area contributed by atoms with Gasteiger partial charge in [-0.1, -0.05) is 206 Å². The van der Waals surface area contributed by atoms with Gasteiger partial charge in [-0.25, -0.2) is 0 Å². The van der Waals surface area contributed by atoms with Crippen molar-refractivity contribution >= 4 is 97.1 Å². The van der Waals surface area contributed by atoms with Crippen LogP contribution in [0.2, 0.25) is 0 Å². The summed E-state index contributed by atoms with van der Waals surface area (Å²) in [7, 11) is 0. The molecule has 4 heteroatoms. The van der Waals surface area contributed by atoms with E-state index in [4.69, 9.17) is 0 Å². The van der Waals surface area contributed by atoms with Crippen molar-refractivity contribution in [2.45, 2.75) is 0 Å². The van der Waals surface area contributed by atoms with Gasteiger partial charge in [0.15, 0.2) is 0 Å². The van der Waals surface area contributed by atoms with Crippen LogP contribution < -0.4 is 9.80 Å². The van der Waals surface area contributed by atoms with Crippen LogP contribution in [0, 0.1) is 0 Å². The number of hydrogen-bond donors (Lipinski definition) is 0. The maximum absolute atomic E-state index is 2.52. The summed E-state index contributed by atoms with van der Waals surface area (Å²) in [4.78, 5) is 5.04. The minimum absolute atomic E-state index is 1.07. The maximum atomic E-state index is 2.52. The number of rotatable bonds is 10.